The molecule has 0 unspecified atom stereocenters. The summed E-state index contributed by atoms with van der Waals surface area (Å²) in [5, 5.41) is 27.1. The third kappa shape index (κ3) is 4.64. The number of amides is 2. The number of nitrogens with one attached hydrogen (secondary N) is 2. The minimum absolute atomic E-state index is 0.0641. The van der Waals surface area contributed by atoms with Crippen LogP contribution >= 0.6 is 46.2 Å². The maximum Gasteiger partial charge on any atom is 0.353 e. The molecule has 6 N–H and O–H groups in total. The smallest absolute Gasteiger partial charge is 0.353 e. The van der Waals surface area contributed by atoms with Gasteiger partial charge in [-0.2, -0.15) is 0 Å². The zero-order chi connectivity index (χ0) is 23.7. The van der Waals surface area contributed by atoms with Gasteiger partial charge in [0.2, 0.25) is 0 Å². The number of carboxylic acids is 1. The first-order valence-corrected chi connectivity index (χ1v) is 13.0. The number of carbonyl (C=O) groups excluding carboxylic acids is 2. The number of oxime groups is 1. The number of hydrogen-bond donors (Lipinski definition) is 5. The molecule has 4 rings (SSSR count). The Morgan fingerprint density at radius 2 is 2.15 bits per heavy atom. The SMILES string of the molecule is Nc1nc(/C(=N/O)C(=O)N[C@@H]2C(=O)N3C(C(=O)O)=C(SCCc4csc(=O)[nH]4)CS[C@H]23)cs1. The standard InChI is InChI=1S/C17H16N6O6S4/c18-16-20-7(4-32-16)9(22-29)12(24)21-10-13(25)23-11(15(26)27)8(5-31-14(10)23)30-2-1-6-3-33-17(28)19-6/h3-4,10,14,29H,1-2,5H2,(H2,18,20)(H,19,28)(H,21,24)(H,26,27)/b22-9-/t10-,14-/m1/s1. The lowest BCUT2D eigenvalue weighted by molar-refractivity contribution is -0.150. The molecule has 2 atom stereocenters. The number of β-lactam (4-membered cyclic amide) rings is 1. The van der Waals surface area contributed by atoms with Crippen molar-refractivity contribution in [2.24, 2.45) is 5.16 Å². The average molecular weight is 529 g/mol. The van der Waals surface area contributed by atoms with Crippen molar-refractivity contribution in [3.05, 3.63) is 42.4 Å². The first-order valence-electron chi connectivity index (χ1n) is 9.25. The lowest BCUT2D eigenvalue weighted by Crippen LogP contribution is -2.71. The highest BCUT2D eigenvalue weighted by molar-refractivity contribution is 8.06. The van der Waals surface area contributed by atoms with Crippen LogP contribution in [0.15, 0.2) is 31.3 Å². The molecular weight excluding hydrogens is 512 g/mol. The lowest BCUT2D eigenvalue weighted by atomic mass is 10.0. The largest absolute Gasteiger partial charge is 0.477 e. The Morgan fingerprint density at radius 1 is 1.36 bits per heavy atom. The molecule has 33 heavy (non-hydrogen) atoms. The molecule has 0 radical (unpaired) electrons. The summed E-state index contributed by atoms with van der Waals surface area (Å²) in [5.74, 6) is -1.77. The van der Waals surface area contributed by atoms with Gasteiger partial charge >= 0.3 is 10.8 Å². The van der Waals surface area contributed by atoms with Crippen LogP contribution in [-0.4, -0.2) is 71.6 Å². The van der Waals surface area contributed by atoms with E-state index in [4.69, 9.17) is 5.73 Å². The normalized spacial score (nSPS) is 20.4. The van der Waals surface area contributed by atoms with Crippen molar-refractivity contribution in [1.82, 2.24) is 20.2 Å². The topological polar surface area (TPSA) is 191 Å². The second-order valence-electron chi connectivity index (χ2n) is 6.73. The summed E-state index contributed by atoms with van der Waals surface area (Å²) in [4.78, 5) is 56.6. The molecule has 1 fully saturated rings. The number of anilines is 1. The fourth-order valence-corrected chi connectivity index (χ4v) is 7.03. The molecule has 0 bridgehead atoms. The number of nitrogens with zero attached hydrogens (tertiary/aromatic N) is 3. The third-order valence-electron chi connectivity index (χ3n) is 4.72. The van der Waals surface area contributed by atoms with E-state index < -0.39 is 34.9 Å². The zero-order valence-corrected chi connectivity index (χ0v) is 19.8. The van der Waals surface area contributed by atoms with Gasteiger partial charge in [0.1, 0.15) is 22.8 Å². The maximum atomic E-state index is 12.8. The van der Waals surface area contributed by atoms with E-state index in [0.717, 1.165) is 33.3 Å². The van der Waals surface area contributed by atoms with Crippen molar-refractivity contribution in [3.8, 4) is 0 Å². The highest BCUT2D eigenvalue weighted by Crippen LogP contribution is 2.43. The second kappa shape index (κ2) is 9.58. The van der Waals surface area contributed by atoms with Gasteiger partial charge in [-0.3, -0.25) is 19.3 Å². The summed E-state index contributed by atoms with van der Waals surface area (Å²) in [6.45, 7) is 0. The molecule has 16 heteroatoms. The van der Waals surface area contributed by atoms with Crippen LogP contribution in [0.25, 0.3) is 0 Å². The van der Waals surface area contributed by atoms with Crippen molar-refractivity contribution < 1.29 is 24.7 Å². The molecule has 1 saturated heterocycles. The van der Waals surface area contributed by atoms with Crippen LogP contribution in [-0.2, 0) is 20.8 Å². The number of aliphatic carboxylic acids is 1. The van der Waals surface area contributed by atoms with E-state index in [1.54, 1.807) is 5.38 Å². The van der Waals surface area contributed by atoms with Crippen molar-refractivity contribution in [1.29, 1.82) is 0 Å². The number of rotatable bonds is 8. The van der Waals surface area contributed by atoms with Crippen LogP contribution in [0.3, 0.4) is 0 Å². The van der Waals surface area contributed by atoms with Crippen LogP contribution in [0.4, 0.5) is 5.13 Å². The van der Waals surface area contributed by atoms with Crippen LogP contribution in [0, 0.1) is 0 Å². The Kier molecular flexibility index (Phi) is 6.78. The monoisotopic (exact) mass is 528 g/mol. The van der Waals surface area contributed by atoms with E-state index in [1.165, 1.54) is 28.9 Å². The minimum Gasteiger partial charge on any atom is -0.477 e. The number of carbonyl (C=O) groups is 3. The fourth-order valence-electron chi connectivity index (χ4n) is 3.24. The Hall–Kier alpha value is -2.82. The van der Waals surface area contributed by atoms with E-state index in [1.807, 2.05) is 0 Å². The third-order valence-corrected chi connectivity index (χ3v) is 8.67. The molecule has 2 aliphatic heterocycles. The van der Waals surface area contributed by atoms with Gasteiger partial charge in [0, 0.05) is 32.9 Å². The number of fused-ring (bicyclic) bond motifs is 1. The van der Waals surface area contributed by atoms with Gasteiger partial charge in [0.05, 0.1) is 0 Å². The van der Waals surface area contributed by atoms with Gasteiger partial charge in [0.25, 0.3) is 11.8 Å². The highest BCUT2D eigenvalue weighted by Gasteiger charge is 2.54. The van der Waals surface area contributed by atoms with Gasteiger partial charge in [-0.05, 0) is 6.42 Å². The van der Waals surface area contributed by atoms with Crippen molar-refractivity contribution >= 4 is 74.8 Å². The molecule has 0 aliphatic carbocycles. The molecule has 2 aromatic heterocycles. The molecular formula is C17H16N6O6S4. The second-order valence-corrected chi connectivity index (χ2v) is 10.8. The average Bonchev–Trinajstić information content (AvgIpc) is 3.39. The Bertz CT molecular complexity index is 1230. The summed E-state index contributed by atoms with van der Waals surface area (Å²) in [6, 6.07) is -0.980. The minimum atomic E-state index is -1.24. The summed E-state index contributed by atoms with van der Waals surface area (Å²) in [7, 11) is 0. The van der Waals surface area contributed by atoms with Gasteiger partial charge in [-0.15, -0.1) is 34.9 Å². The molecule has 12 nitrogen and oxygen atoms in total. The molecule has 174 valence electrons. The number of carboxylic acid groups (broad SMARTS) is 1. The number of nitrogens with two attached hydrogens (primary N) is 1. The summed E-state index contributed by atoms with van der Waals surface area (Å²) >= 11 is 4.75. The van der Waals surface area contributed by atoms with Crippen LogP contribution < -0.4 is 15.9 Å². The molecule has 4 heterocycles. The zero-order valence-electron chi connectivity index (χ0n) is 16.5. The van der Waals surface area contributed by atoms with Gasteiger partial charge in [0.15, 0.2) is 10.8 Å². The predicted molar refractivity (Wildman–Crippen MR) is 126 cm³/mol. The van der Waals surface area contributed by atoms with E-state index in [2.05, 4.69) is 20.4 Å². The van der Waals surface area contributed by atoms with E-state index >= 15 is 0 Å². The molecule has 2 amide bonds. The van der Waals surface area contributed by atoms with E-state index in [9.17, 15) is 29.5 Å². The molecule has 0 saturated carbocycles. The molecule has 2 aromatic rings. The van der Waals surface area contributed by atoms with Crippen molar-refractivity contribution in [2.45, 2.75) is 17.8 Å². The first kappa shape index (κ1) is 23.3. The van der Waals surface area contributed by atoms with E-state index in [-0.39, 0.29) is 21.4 Å². The Labute approximate surface area is 202 Å². The summed E-state index contributed by atoms with van der Waals surface area (Å²) in [5.41, 5.74) is 5.87. The van der Waals surface area contributed by atoms with E-state index in [0.29, 0.717) is 22.8 Å². The Balaban J connectivity index is 1.44. The lowest BCUT2D eigenvalue weighted by Gasteiger charge is -2.49. The number of aryl methyl sites for hydroxylation is 1. The predicted octanol–water partition coefficient (Wildman–Crippen LogP) is 0.325. The van der Waals surface area contributed by atoms with Crippen LogP contribution in [0.1, 0.15) is 11.4 Å². The summed E-state index contributed by atoms with van der Waals surface area (Å²) < 4.78 is 0. The molecule has 0 spiro atoms. The van der Waals surface area contributed by atoms with Gasteiger partial charge in [-0.1, -0.05) is 16.5 Å². The number of nitrogen functional groups attached to an aromatic ring is 1. The fraction of sp³-hybridized carbons (Fsp3) is 0.294. The van der Waals surface area contributed by atoms with Gasteiger partial charge in [-0.25, -0.2) is 9.78 Å². The number of H-pyrrole nitrogens is 1. The quantitative estimate of drug-likeness (QED) is 0.138. The van der Waals surface area contributed by atoms with Crippen molar-refractivity contribution in [3.63, 3.8) is 0 Å². The van der Waals surface area contributed by atoms with Crippen LogP contribution in [0.2, 0.25) is 0 Å². The number of aromatic amines is 1. The number of hydrogen-bond acceptors (Lipinski definition) is 12. The Morgan fingerprint density at radius 3 is 2.76 bits per heavy atom. The highest BCUT2D eigenvalue weighted by atomic mass is 32.2. The molecule has 2 aliphatic rings. The first-order chi connectivity index (χ1) is 15.8. The number of thiazole rings is 2. The number of thioether (sulfide) groups is 2. The summed E-state index contributed by atoms with van der Waals surface area (Å²) in [6.07, 6.45) is 0.547. The van der Waals surface area contributed by atoms with Crippen molar-refractivity contribution in [2.75, 3.05) is 17.2 Å². The van der Waals surface area contributed by atoms with Gasteiger partial charge < -0.3 is 26.3 Å². The van der Waals surface area contributed by atoms with Crippen LogP contribution in [0.5, 0.6) is 0 Å². The number of aromatic nitrogens is 2. The maximum absolute atomic E-state index is 12.8. The molecule has 0 aromatic carbocycles.